The van der Waals surface area contributed by atoms with Crippen molar-refractivity contribution in [3.63, 3.8) is 0 Å². The molecule has 1 saturated heterocycles. The zero-order valence-electron chi connectivity index (χ0n) is 18.5. The van der Waals surface area contributed by atoms with Crippen LogP contribution in [-0.2, 0) is 11.3 Å². The predicted molar refractivity (Wildman–Crippen MR) is 121 cm³/mol. The third-order valence-corrected chi connectivity index (χ3v) is 6.72. The molecule has 0 N–H and O–H groups in total. The van der Waals surface area contributed by atoms with Gasteiger partial charge >= 0.3 is 0 Å². The molecule has 0 atom stereocenters. The molecule has 2 aliphatic rings. The fourth-order valence-corrected chi connectivity index (χ4v) is 4.95. The lowest BCUT2D eigenvalue weighted by molar-refractivity contribution is -0.137. The van der Waals surface area contributed by atoms with Crippen LogP contribution in [0.1, 0.15) is 41.6 Å². The number of aromatic nitrogens is 2. The molecule has 9 heteroatoms. The summed E-state index contributed by atoms with van der Waals surface area (Å²) < 4.78 is 29.7. The molecule has 3 aromatic rings. The first kappa shape index (κ1) is 22.2. The number of fused-ring (bicyclic) bond motifs is 1. The molecule has 0 radical (unpaired) electrons. The van der Waals surface area contributed by atoms with E-state index in [0.717, 1.165) is 37.9 Å². The van der Waals surface area contributed by atoms with Crippen LogP contribution in [0.2, 0.25) is 0 Å². The summed E-state index contributed by atoms with van der Waals surface area (Å²) in [7, 11) is 0. The summed E-state index contributed by atoms with van der Waals surface area (Å²) in [5.74, 6) is -1.82. The Hall–Kier alpha value is -3.62. The minimum Gasteiger partial charge on any atom is -0.336 e. The summed E-state index contributed by atoms with van der Waals surface area (Å²) in [4.78, 5) is 41.1. The number of benzene rings is 2. The van der Waals surface area contributed by atoms with Crippen molar-refractivity contribution in [1.82, 2.24) is 19.6 Å². The van der Waals surface area contributed by atoms with Crippen molar-refractivity contribution >= 4 is 22.7 Å². The second-order valence-electron chi connectivity index (χ2n) is 8.89. The molecule has 176 valence electrons. The Kier molecular flexibility index (Phi) is 5.85. The van der Waals surface area contributed by atoms with Crippen LogP contribution in [0.3, 0.4) is 0 Å². The number of hydrogen-bond acceptors (Lipinski definition) is 4. The first-order valence-corrected chi connectivity index (χ1v) is 11.4. The maximum atomic E-state index is 14.6. The Morgan fingerprint density at radius 2 is 1.82 bits per heavy atom. The van der Waals surface area contributed by atoms with Gasteiger partial charge in [0, 0.05) is 19.1 Å². The Morgan fingerprint density at radius 1 is 1.03 bits per heavy atom. The minimum absolute atomic E-state index is 0.0591. The molecule has 0 bridgehead atoms. The Balaban J connectivity index is 1.37. The molecule has 2 fully saturated rings. The van der Waals surface area contributed by atoms with Gasteiger partial charge in [-0.3, -0.25) is 19.1 Å². The highest BCUT2D eigenvalue weighted by Crippen LogP contribution is 2.25. The summed E-state index contributed by atoms with van der Waals surface area (Å²) in [5.41, 5.74) is 0.500. The molecule has 34 heavy (non-hydrogen) atoms. The molecule has 7 nitrogen and oxygen atoms in total. The minimum atomic E-state index is -0.667. The van der Waals surface area contributed by atoms with E-state index < -0.39 is 23.0 Å². The number of carbonyl (C=O) groups excluding carboxylic acids is 2. The fraction of sp³-hybridized carbons (Fsp3) is 0.360. The number of carbonyl (C=O) groups is 2. The highest BCUT2D eigenvalue weighted by Gasteiger charge is 2.33. The molecular formula is C25H24F2N4O3. The van der Waals surface area contributed by atoms with E-state index in [1.165, 1.54) is 39.9 Å². The van der Waals surface area contributed by atoms with Gasteiger partial charge in [0.25, 0.3) is 5.91 Å². The number of nitrogens with zero attached hydrogens (tertiary/aromatic N) is 4. The van der Waals surface area contributed by atoms with Crippen molar-refractivity contribution in [2.24, 2.45) is 0 Å². The van der Waals surface area contributed by atoms with Gasteiger partial charge in [-0.05, 0) is 48.7 Å². The SMILES string of the molecule is O=C(c1cc(Cn2ncc(=O)c3cc(F)ccc32)ccc1F)N1CCN(C2CCCC2)C(=O)C1. The molecule has 0 spiro atoms. The van der Waals surface area contributed by atoms with Crippen LogP contribution in [0.15, 0.2) is 47.4 Å². The highest BCUT2D eigenvalue weighted by atomic mass is 19.1. The van der Waals surface area contributed by atoms with E-state index in [2.05, 4.69) is 5.10 Å². The van der Waals surface area contributed by atoms with Gasteiger partial charge in [-0.15, -0.1) is 0 Å². The van der Waals surface area contributed by atoms with Crippen molar-refractivity contribution in [3.8, 4) is 0 Å². The van der Waals surface area contributed by atoms with Crippen molar-refractivity contribution in [3.05, 3.63) is 75.6 Å². The second kappa shape index (κ2) is 8.96. The van der Waals surface area contributed by atoms with Crippen molar-refractivity contribution < 1.29 is 18.4 Å². The molecule has 1 aliphatic carbocycles. The lowest BCUT2D eigenvalue weighted by Gasteiger charge is -2.37. The van der Waals surface area contributed by atoms with Crippen molar-refractivity contribution in [1.29, 1.82) is 0 Å². The van der Waals surface area contributed by atoms with E-state index >= 15 is 0 Å². The van der Waals surface area contributed by atoms with Crippen molar-refractivity contribution in [2.75, 3.05) is 19.6 Å². The predicted octanol–water partition coefficient (Wildman–Crippen LogP) is 2.95. The standard InChI is InChI=1S/C25H24F2N4O3/c26-17-6-8-22-20(12-17)23(32)13-28-31(22)14-16-5-7-21(27)19(11-16)25(34)29-9-10-30(24(33)15-29)18-3-1-2-4-18/h5-8,11-13,18H,1-4,9-10,14-15H2. The smallest absolute Gasteiger partial charge is 0.257 e. The third-order valence-electron chi connectivity index (χ3n) is 6.72. The molecule has 2 aromatic carbocycles. The summed E-state index contributed by atoms with van der Waals surface area (Å²) in [6, 6.07) is 8.29. The van der Waals surface area contributed by atoms with Crippen LogP contribution in [0, 0.1) is 11.6 Å². The Labute approximate surface area is 194 Å². The molecular weight excluding hydrogens is 442 g/mol. The van der Waals surface area contributed by atoms with Crippen LogP contribution in [0.4, 0.5) is 8.78 Å². The van der Waals surface area contributed by atoms with Crippen LogP contribution < -0.4 is 5.43 Å². The average molecular weight is 466 g/mol. The van der Waals surface area contributed by atoms with Crippen LogP contribution >= 0.6 is 0 Å². The number of amides is 2. The van der Waals surface area contributed by atoms with Crippen LogP contribution in [-0.4, -0.2) is 57.1 Å². The summed E-state index contributed by atoms with van der Waals surface area (Å²) in [6.07, 6.45) is 5.33. The van der Waals surface area contributed by atoms with Gasteiger partial charge in [-0.25, -0.2) is 8.78 Å². The van der Waals surface area contributed by atoms with E-state index in [0.29, 0.717) is 24.2 Å². The van der Waals surface area contributed by atoms with Crippen LogP contribution in [0.5, 0.6) is 0 Å². The maximum Gasteiger partial charge on any atom is 0.257 e. The Bertz CT molecular complexity index is 1330. The summed E-state index contributed by atoms with van der Waals surface area (Å²) in [5, 5.41) is 4.30. The molecule has 1 aromatic heterocycles. The second-order valence-corrected chi connectivity index (χ2v) is 8.89. The topological polar surface area (TPSA) is 75.5 Å². The van der Waals surface area contributed by atoms with Gasteiger partial charge in [0.1, 0.15) is 18.2 Å². The molecule has 0 unspecified atom stereocenters. The van der Waals surface area contributed by atoms with Gasteiger partial charge in [0.15, 0.2) is 0 Å². The first-order chi connectivity index (χ1) is 16.4. The zero-order chi connectivity index (χ0) is 23.8. The number of piperazine rings is 1. The number of hydrogen-bond donors (Lipinski definition) is 0. The normalized spacial score (nSPS) is 17.1. The largest absolute Gasteiger partial charge is 0.336 e. The van der Waals surface area contributed by atoms with E-state index in [-0.39, 0.29) is 36.0 Å². The van der Waals surface area contributed by atoms with Crippen LogP contribution in [0.25, 0.3) is 10.9 Å². The van der Waals surface area contributed by atoms with Crippen molar-refractivity contribution in [2.45, 2.75) is 38.3 Å². The lowest BCUT2D eigenvalue weighted by Crippen LogP contribution is -2.55. The maximum absolute atomic E-state index is 14.6. The quantitative estimate of drug-likeness (QED) is 0.593. The number of rotatable bonds is 4. The summed E-state index contributed by atoms with van der Waals surface area (Å²) in [6.45, 7) is 0.913. The molecule has 1 aliphatic heterocycles. The van der Waals surface area contributed by atoms with Gasteiger partial charge in [-0.1, -0.05) is 18.9 Å². The lowest BCUT2D eigenvalue weighted by atomic mass is 10.1. The third kappa shape index (κ3) is 4.18. The first-order valence-electron chi connectivity index (χ1n) is 11.4. The fourth-order valence-electron chi connectivity index (χ4n) is 4.95. The van der Waals surface area contributed by atoms with E-state index in [1.54, 1.807) is 0 Å². The van der Waals surface area contributed by atoms with Gasteiger partial charge in [-0.2, -0.15) is 5.10 Å². The number of halogens is 2. The van der Waals surface area contributed by atoms with Gasteiger partial charge < -0.3 is 9.80 Å². The molecule has 1 saturated carbocycles. The monoisotopic (exact) mass is 466 g/mol. The molecule has 5 rings (SSSR count). The zero-order valence-corrected chi connectivity index (χ0v) is 18.5. The summed E-state index contributed by atoms with van der Waals surface area (Å²) >= 11 is 0. The highest BCUT2D eigenvalue weighted by molar-refractivity contribution is 5.97. The Morgan fingerprint density at radius 3 is 2.59 bits per heavy atom. The van der Waals surface area contributed by atoms with Gasteiger partial charge in [0.05, 0.1) is 29.2 Å². The average Bonchev–Trinajstić information content (AvgIpc) is 3.36. The molecule has 2 heterocycles. The van der Waals surface area contributed by atoms with E-state index in [1.807, 2.05) is 4.90 Å². The molecule has 2 amide bonds. The van der Waals surface area contributed by atoms with E-state index in [4.69, 9.17) is 0 Å². The van der Waals surface area contributed by atoms with E-state index in [9.17, 15) is 23.2 Å². The van der Waals surface area contributed by atoms with Gasteiger partial charge in [0.2, 0.25) is 11.3 Å².